The van der Waals surface area contributed by atoms with Crippen LogP contribution < -0.4 is 10.6 Å². The number of rotatable bonds is 7. The molecule has 2 amide bonds. The molecule has 0 saturated heterocycles. The minimum Gasteiger partial charge on any atom is -0.340 e. The fraction of sp³-hybridized carbons (Fsp3) is 0.333. The maximum Gasteiger partial charge on any atom is 0.252 e. The number of thioether (sulfide) groups is 1. The van der Waals surface area contributed by atoms with Crippen molar-refractivity contribution in [1.82, 2.24) is 5.32 Å². The maximum atomic E-state index is 12.8. The minimum atomic E-state index is -0.583. The van der Waals surface area contributed by atoms with E-state index in [4.69, 9.17) is 0 Å². The predicted octanol–water partition coefficient (Wildman–Crippen LogP) is 4.50. The third-order valence-corrected chi connectivity index (χ3v) is 4.78. The second kappa shape index (κ2) is 9.43. The minimum absolute atomic E-state index is 0.195. The van der Waals surface area contributed by atoms with Crippen LogP contribution >= 0.6 is 11.8 Å². The highest BCUT2D eigenvalue weighted by Crippen LogP contribution is 2.19. The van der Waals surface area contributed by atoms with E-state index in [0.717, 1.165) is 16.1 Å². The van der Waals surface area contributed by atoms with Gasteiger partial charge in [-0.15, -0.1) is 11.8 Å². The van der Waals surface area contributed by atoms with Gasteiger partial charge >= 0.3 is 0 Å². The molecular weight excluding hydrogens is 344 g/mol. The average Bonchev–Trinajstić information content (AvgIpc) is 2.61. The van der Waals surface area contributed by atoms with Gasteiger partial charge in [0.1, 0.15) is 6.04 Å². The van der Waals surface area contributed by atoms with Crippen LogP contribution in [0.2, 0.25) is 0 Å². The second-order valence-corrected chi connectivity index (χ2v) is 7.57. The molecule has 2 aromatic rings. The number of benzene rings is 2. The summed E-state index contributed by atoms with van der Waals surface area (Å²) in [4.78, 5) is 26.5. The van der Waals surface area contributed by atoms with Gasteiger partial charge < -0.3 is 10.6 Å². The zero-order chi connectivity index (χ0) is 19.1. The molecule has 0 bridgehead atoms. The lowest BCUT2D eigenvalue weighted by atomic mass is 10.0. The molecule has 0 saturated carbocycles. The smallest absolute Gasteiger partial charge is 0.252 e. The van der Waals surface area contributed by atoms with E-state index in [-0.39, 0.29) is 17.7 Å². The highest BCUT2D eigenvalue weighted by atomic mass is 32.2. The molecule has 0 radical (unpaired) electrons. The molecule has 1 atom stereocenters. The van der Waals surface area contributed by atoms with Crippen molar-refractivity contribution in [3.63, 3.8) is 0 Å². The lowest BCUT2D eigenvalue weighted by Gasteiger charge is -2.21. The van der Waals surface area contributed by atoms with E-state index in [2.05, 4.69) is 10.6 Å². The van der Waals surface area contributed by atoms with Gasteiger partial charge in [0.05, 0.1) is 0 Å². The lowest BCUT2D eigenvalue weighted by molar-refractivity contribution is -0.118. The van der Waals surface area contributed by atoms with Gasteiger partial charge in [-0.3, -0.25) is 9.59 Å². The first-order valence-corrected chi connectivity index (χ1v) is 9.94. The van der Waals surface area contributed by atoms with Gasteiger partial charge in [-0.2, -0.15) is 0 Å². The molecule has 4 nitrogen and oxygen atoms in total. The van der Waals surface area contributed by atoms with Crippen molar-refractivity contribution in [3.05, 3.63) is 59.7 Å². The fourth-order valence-corrected chi connectivity index (χ4v) is 3.16. The molecule has 0 unspecified atom stereocenters. The first kappa shape index (κ1) is 20.0. The molecular formula is C21H26N2O2S. The third-order valence-electron chi connectivity index (χ3n) is 4.06. The van der Waals surface area contributed by atoms with Crippen molar-refractivity contribution in [2.24, 2.45) is 5.92 Å². The van der Waals surface area contributed by atoms with E-state index in [1.807, 2.05) is 69.5 Å². The van der Waals surface area contributed by atoms with Crippen LogP contribution in [0.5, 0.6) is 0 Å². The van der Waals surface area contributed by atoms with Crippen molar-refractivity contribution < 1.29 is 9.59 Å². The van der Waals surface area contributed by atoms with Crippen LogP contribution in [0.15, 0.2) is 53.4 Å². The summed E-state index contributed by atoms with van der Waals surface area (Å²) in [6, 6.07) is 14.5. The van der Waals surface area contributed by atoms with Crippen molar-refractivity contribution >= 4 is 29.3 Å². The molecule has 0 heterocycles. The zero-order valence-electron chi connectivity index (χ0n) is 15.7. The summed E-state index contributed by atoms with van der Waals surface area (Å²) in [6.07, 6.45) is 2.57. The number of amides is 2. The van der Waals surface area contributed by atoms with E-state index in [1.165, 1.54) is 0 Å². The van der Waals surface area contributed by atoms with E-state index in [1.54, 1.807) is 17.8 Å². The van der Waals surface area contributed by atoms with Crippen LogP contribution in [-0.2, 0) is 4.79 Å². The molecule has 138 valence electrons. The number of nitrogens with one attached hydrogen (secondary N) is 2. The second-order valence-electron chi connectivity index (χ2n) is 6.69. The normalized spacial score (nSPS) is 11.9. The summed E-state index contributed by atoms with van der Waals surface area (Å²) in [5.41, 5.74) is 2.22. The molecule has 0 aromatic heterocycles. The SMILES string of the molecule is CSc1cccc(NC(=O)[C@@H](CC(C)C)NC(=O)c2ccccc2C)c1. The van der Waals surface area contributed by atoms with Crippen LogP contribution in [0, 0.1) is 12.8 Å². The summed E-state index contributed by atoms with van der Waals surface area (Å²) >= 11 is 1.62. The lowest BCUT2D eigenvalue weighted by Crippen LogP contribution is -2.44. The molecule has 5 heteroatoms. The van der Waals surface area contributed by atoms with Gasteiger partial charge in [-0.25, -0.2) is 0 Å². The Morgan fingerprint density at radius 3 is 2.46 bits per heavy atom. The largest absolute Gasteiger partial charge is 0.340 e. The van der Waals surface area contributed by atoms with Crippen LogP contribution in [0.4, 0.5) is 5.69 Å². The number of carbonyl (C=O) groups is 2. The van der Waals surface area contributed by atoms with Crippen molar-refractivity contribution in [3.8, 4) is 0 Å². The zero-order valence-corrected chi connectivity index (χ0v) is 16.5. The van der Waals surface area contributed by atoms with E-state index < -0.39 is 6.04 Å². The monoisotopic (exact) mass is 370 g/mol. The van der Waals surface area contributed by atoms with E-state index >= 15 is 0 Å². The van der Waals surface area contributed by atoms with Crippen molar-refractivity contribution in [1.29, 1.82) is 0 Å². The fourth-order valence-electron chi connectivity index (χ4n) is 2.70. The number of anilines is 1. The number of hydrogen-bond donors (Lipinski definition) is 2. The number of aryl methyl sites for hydroxylation is 1. The van der Waals surface area contributed by atoms with Gasteiger partial charge in [-0.05, 0) is 55.3 Å². The Kier molecular flexibility index (Phi) is 7.27. The maximum absolute atomic E-state index is 12.8. The first-order valence-electron chi connectivity index (χ1n) is 8.72. The Balaban J connectivity index is 2.14. The molecule has 2 aromatic carbocycles. The van der Waals surface area contributed by atoms with E-state index in [9.17, 15) is 9.59 Å². The Hall–Kier alpha value is -2.27. The van der Waals surface area contributed by atoms with Crippen molar-refractivity contribution in [2.75, 3.05) is 11.6 Å². The number of hydrogen-bond acceptors (Lipinski definition) is 3. The molecule has 26 heavy (non-hydrogen) atoms. The molecule has 0 aliphatic carbocycles. The molecule has 0 aliphatic rings. The van der Waals surface area contributed by atoms with Crippen LogP contribution in [0.3, 0.4) is 0 Å². The third kappa shape index (κ3) is 5.63. The highest BCUT2D eigenvalue weighted by molar-refractivity contribution is 7.98. The summed E-state index contributed by atoms with van der Waals surface area (Å²) in [6.45, 7) is 5.96. The molecule has 2 N–H and O–H groups in total. The van der Waals surface area contributed by atoms with Crippen LogP contribution in [-0.4, -0.2) is 24.1 Å². The topological polar surface area (TPSA) is 58.2 Å². The van der Waals surface area contributed by atoms with Gasteiger partial charge in [-0.1, -0.05) is 38.1 Å². The van der Waals surface area contributed by atoms with Crippen LogP contribution in [0.25, 0.3) is 0 Å². The van der Waals surface area contributed by atoms with Gasteiger partial charge in [0.15, 0.2) is 0 Å². The Bertz CT molecular complexity index is 774. The summed E-state index contributed by atoms with van der Waals surface area (Å²) in [5, 5.41) is 5.82. The summed E-state index contributed by atoms with van der Waals surface area (Å²) in [7, 11) is 0. The summed E-state index contributed by atoms with van der Waals surface area (Å²) < 4.78 is 0. The standard InChI is InChI=1S/C21H26N2O2S/c1-14(2)12-19(23-20(24)18-11-6-5-8-15(18)3)21(25)22-16-9-7-10-17(13-16)26-4/h5-11,13-14,19H,12H2,1-4H3,(H,22,25)(H,23,24)/t19-/m1/s1. The molecule has 2 rings (SSSR count). The van der Waals surface area contributed by atoms with Crippen molar-refractivity contribution in [2.45, 2.75) is 38.1 Å². The quantitative estimate of drug-likeness (QED) is 0.706. The predicted molar refractivity (Wildman–Crippen MR) is 109 cm³/mol. The molecule has 0 spiro atoms. The average molecular weight is 371 g/mol. The van der Waals surface area contributed by atoms with Gasteiger partial charge in [0, 0.05) is 16.1 Å². The highest BCUT2D eigenvalue weighted by Gasteiger charge is 2.23. The Labute approximate surface area is 159 Å². The van der Waals surface area contributed by atoms with Gasteiger partial charge in [0.25, 0.3) is 5.91 Å². The van der Waals surface area contributed by atoms with Crippen LogP contribution in [0.1, 0.15) is 36.2 Å². The first-order chi connectivity index (χ1) is 12.4. The molecule has 0 aliphatic heterocycles. The molecule has 0 fully saturated rings. The Morgan fingerprint density at radius 1 is 1.08 bits per heavy atom. The van der Waals surface area contributed by atoms with Gasteiger partial charge in [0.2, 0.25) is 5.91 Å². The summed E-state index contributed by atoms with van der Waals surface area (Å²) in [5.74, 6) is -0.138. The van der Waals surface area contributed by atoms with E-state index in [0.29, 0.717) is 12.0 Å². The number of carbonyl (C=O) groups excluding carboxylic acids is 2. The Morgan fingerprint density at radius 2 is 1.81 bits per heavy atom.